The molecule has 0 radical (unpaired) electrons. The van der Waals surface area contributed by atoms with Gasteiger partial charge in [-0.3, -0.25) is 24.0 Å². The Morgan fingerprint density at radius 3 is 2.04 bits per heavy atom. The van der Waals surface area contributed by atoms with Crippen molar-refractivity contribution in [1.82, 2.24) is 30.7 Å². The van der Waals surface area contributed by atoms with Crippen molar-refractivity contribution in [3.05, 3.63) is 83.7 Å². The number of aromatic nitrogens is 1. The molecule has 0 bridgehead atoms. The number of aliphatic carboxylic acids is 1. The lowest BCUT2D eigenvalue weighted by molar-refractivity contribution is -0.142. The molecule has 1 heterocycles. The van der Waals surface area contributed by atoms with Crippen LogP contribution in [0.3, 0.4) is 0 Å². The number of aliphatic hydroxyl groups excluding tert-OH is 1. The van der Waals surface area contributed by atoms with E-state index in [9.17, 15) is 43.4 Å². The van der Waals surface area contributed by atoms with Gasteiger partial charge in [-0.15, -0.1) is 0 Å². The summed E-state index contributed by atoms with van der Waals surface area (Å²) in [5.41, 5.74) is 7.34. The number of rotatable bonds is 37. The van der Waals surface area contributed by atoms with Crippen LogP contribution in [0.2, 0.25) is 0 Å². The van der Waals surface area contributed by atoms with Gasteiger partial charge in [0, 0.05) is 69.0 Å². The molecule has 3 rings (SSSR count). The molecule has 3 aromatic rings. The number of benzene rings is 2. The normalized spacial score (nSPS) is 13.2. The fraction of sp³-hybridized carbons (Fsp3) is 0.577. The van der Waals surface area contributed by atoms with E-state index < -0.39 is 78.1 Å². The first-order chi connectivity index (χ1) is 34.9. The number of nitrogens with two attached hydrogens (primary N) is 1. The van der Waals surface area contributed by atoms with Gasteiger partial charge in [0.05, 0.1) is 64.4 Å². The lowest BCUT2D eigenvalue weighted by atomic mass is 9.82. The number of carboxylic acids is 1. The number of Topliss-reactive ketones (excluding diaryl/α,β-unsaturated/α-hetero) is 1. The highest BCUT2D eigenvalue weighted by Crippen LogP contribution is 2.41. The maximum absolute atomic E-state index is 15.1. The molecular weight excluding hydrogens is 953 g/mol. The van der Waals surface area contributed by atoms with Crippen LogP contribution in [-0.4, -0.2) is 159 Å². The molecule has 0 unspecified atom stereocenters. The van der Waals surface area contributed by atoms with Crippen LogP contribution in [0.1, 0.15) is 89.9 Å². The monoisotopic (exact) mass is 1030 g/mol. The maximum Gasteiger partial charge on any atom is 0.328 e. The second kappa shape index (κ2) is 33.2. The first kappa shape index (κ1) is 61.6. The van der Waals surface area contributed by atoms with Gasteiger partial charge in [0.1, 0.15) is 24.3 Å². The SMILES string of the molecule is CNCCCC[C@H](NC(C)=O)C(=O)CCCOCCOCCOCCOCCC(=O)NC[C@@H](NC(=O)[C@@H](N)CCN(C(=O)CO)[C@@H](c1cc(-c2cc(F)ccc2F)cn1Cc1ccccc1)C(C)(C)C)C(=O)O. The van der Waals surface area contributed by atoms with Crippen LogP contribution in [0.4, 0.5) is 8.78 Å². The average molecular weight is 1030 g/mol. The number of amides is 4. The number of carbonyl (C=O) groups excluding carboxylic acids is 5. The number of ether oxygens (including phenoxy) is 4. The molecule has 406 valence electrons. The summed E-state index contributed by atoms with van der Waals surface area (Å²) < 4.78 is 53.3. The van der Waals surface area contributed by atoms with Crippen LogP contribution < -0.4 is 27.0 Å². The summed E-state index contributed by atoms with van der Waals surface area (Å²) in [5.74, 6) is -5.01. The molecule has 0 spiro atoms. The number of nitrogens with zero attached hydrogens (tertiary/aromatic N) is 2. The molecule has 0 saturated heterocycles. The summed E-state index contributed by atoms with van der Waals surface area (Å²) in [6, 6.07) is 10.0. The van der Waals surface area contributed by atoms with Crippen LogP contribution in [0.25, 0.3) is 11.1 Å². The second-order valence-corrected chi connectivity index (χ2v) is 18.6. The summed E-state index contributed by atoms with van der Waals surface area (Å²) in [7, 11) is 1.87. The third-order valence-corrected chi connectivity index (χ3v) is 11.6. The molecular formula is C52H77F2N7O12. The highest BCUT2D eigenvalue weighted by Gasteiger charge is 2.38. The zero-order valence-corrected chi connectivity index (χ0v) is 42.9. The predicted molar refractivity (Wildman–Crippen MR) is 269 cm³/mol. The maximum atomic E-state index is 15.1. The fourth-order valence-corrected chi connectivity index (χ4v) is 7.95. The van der Waals surface area contributed by atoms with Crippen molar-refractivity contribution in [2.75, 3.05) is 86.1 Å². The van der Waals surface area contributed by atoms with Crippen molar-refractivity contribution in [2.24, 2.45) is 11.1 Å². The summed E-state index contributed by atoms with van der Waals surface area (Å²) in [4.78, 5) is 76.9. The standard InChI is InChI=1S/C52H77F2N7O12/c1-36(63)58-43(14-9-10-20-56-5)46(64)15-11-22-70-24-26-72-28-29-73-27-25-71-23-19-47(65)57-32-44(51(68)69)59-50(67)42(55)18-21-61(48(66)35-62)49(52(2,3)4)45-30-38(40-31-39(53)16-17-41(40)54)34-60(45)33-37-12-7-6-8-13-37/h6-8,12-13,16-17,30-31,34,42-44,49,56,62H,9-11,14-15,18-29,32-33,35,55H2,1-5H3,(H,57,65)(H,58,63)(H,59,67)(H,68,69)/t42-,43-,44+,49-/m0/s1. The number of hydrogen-bond donors (Lipinski definition) is 7. The molecule has 73 heavy (non-hydrogen) atoms. The van der Waals surface area contributed by atoms with E-state index in [2.05, 4.69) is 21.3 Å². The van der Waals surface area contributed by atoms with Gasteiger partial charge in [-0.05, 0) is 80.9 Å². The highest BCUT2D eigenvalue weighted by atomic mass is 19.1. The van der Waals surface area contributed by atoms with Crippen molar-refractivity contribution in [2.45, 2.75) is 103 Å². The Hall–Kier alpha value is -5.68. The second-order valence-electron chi connectivity index (χ2n) is 18.6. The number of halogens is 2. The van der Waals surface area contributed by atoms with Gasteiger partial charge in [-0.2, -0.15) is 0 Å². The minimum absolute atomic E-state index is 0.00489. The Bertz CT molecular complexity index is 2170. The molecule has 0 aliphatic carbocycles. The van der Waals surface area contributed by atoms with Crippen LogP contribution in [0, 0.1) is 17.0 Å². The summed E-state index contributed by atoms with van der Waals surface area (Å²) in [6.45, 7) is 8.81. The van der Waals surface area contributed by atoms with Gasteiger partial charge in [0.2, 0.25) is 23.6 Å². The number of hydrogen-bond acceptors (Lipinski definition) is 13. The third-order valence-electron chi connectivity index (χ3n) is 11.6. The highest BCUT2D eigenvalue weighted by molar-refractivity contribution is 5.88. The zero-order chi connectivity index (χ0) is 53.8. The molecule has 0 fully saturated rings. The predicted octanol–water partition coefficient (Wildman–Crippen LogP) is 3.49. The van der Waals surface area contributed by atoms with Crippen molar-refractivity contribution < 1.29 is 66.7 Å². The van der Waals surface area contributed by atoms with E-state index in [0.29, 0.717) is 70.1 Å². The quantitative estimate of drug-likeness (QED) is 0.0408. The van der Waals surface area contributed by atoms with E-state index in [1.807, 2.05) is 62.7 Å². The Morgan fingerprint density at radius 2 is 1.44 bits per heavy atom. The van der Waals surface area contributed by atoms with E-state index in [1.54, 1.807) is 12.3 Å². The molecule has 1 aromatic heterocycles. The Kier molecular flexibility index (Phi) is 28.0. The van der Waals surface area contributed by atoms with E-state index in [-0.39, 0.29) is 56.5 Å². The van der Waals surface area contributed by atoms with Gasteiger partial charge in [0.25, 0.3) is 0 Å². The number of carboxylic acid groups (broad SMARTS) is 1. The van der Waals surface area contributed by atoms with Crippen molar-refractivity contribution in [3.8, 4) is 11.1 Å². The first-order valence-electron chi connectivity index (χ1n) is 24.8. The van der Waals surface area contributed by atoms with Crippen LogP contribution in [-0.2, 0) is 54.3 Å². The molecule has 4 atom stereocenters. The van der Waals surface area contributed by atoms with Gasteiger partial charge >= 0.3 is 5.97 Å². The summed E-state index contributed by atoms with van der Waals surface area (Å²) >= 11 is 0. The average Bonchev–Trinajstić information content (AvgIpc) is 3.75. The topological polar surface area (TPSA) is 262 Å². The molecule has 0 aliphatic heterocycles. The van der Waals surface area contributed by atoms with Crippen molar-refractivity contribution in [3.63, 3.8) is 0 Å². The zero-order valence-electron chi connectivity index (χ0n) is 42.9. The largest absolute Gasteiger partial charge is 0.480 e. The summed E-state index contributed by atoms with van der Waals surface area (Å²) in [5, 5.41) is 30.7. The lowest BCUT2D eigenvalue weighted by Crippen LogP contribution is -2.53. The molecule has 2 aromatic carbocycles. The smallest absolute Gasteiger partial charge is 0.328 e. The van der Waals surface area contributed by atoms with Crippen molar-refractivity contribution in [1.29, 1.82) is 0 Å². The van der Waals surface area contributed by atoms with Crippen LogP contribution in [0.5, 0.6) is 0 Å². The first-order valence-corrected chi connectivity index (χ1v) is 24.8. The van der Waals surface area contributed by atoms with Gasteiger partial charge in [-0.25, -0.2) is 13.6 Å². The number of carbonyl (C=O) groups is 6. The third kappa shape index (κ3) is 23.0. The number of nitrogens with one attached hydrogen (secondary N) is 4. The van der Waals surface area contributed by atoms with Crippen molar-refractivity contribution >= 4 is 35.4 Å². The molecule has 0 saturated carbocycles. The minimum Gasteiger partial charge on any atom is -0.480 e. The van der Waals surface area contributed by atoms with E-state index in [4.69, 9.17) is 24.7 Å². The molecule has 0 aliphatic rings. The lowest BCUT2D eigenvalue weighted by Gasteiger charge is -2.41. The number of unbranched alkanes of at least 4 members (excludes halogenated alkanes) is 1. The van der Waals surface area contributed by atoms with E-state index in [0.717, 1.165) is 43.1 Å². The Morgan fingerprint density at radius 1 is 0.795 bits per heavy atom. The van der Waals surface area contributed by atoms with E-state index >= 15 is 4.39 Å². The van der Waals surface area contributed by atoms with E-state index in [1.165, 1.54) is 11.8 Å². The van der Waals surface area contributed by atoms with Crippen LogP contribution in [0.15, 0.2) is 60.8 Å². The summed E-state index contributed by atoms with van der Waals surface area (Å²) in [6.07, 6.45) is 4.63. The van der Waals surface area contributed by atoms with Gasteiger partial charge in [-0.1, -0.05) is 51.1 Å². The molecule has 4 amide bonds. The fourth-order valence-electron chi connectivity index (χ4n) is 7.95. The Balaban J connectivity index is 1.40. The van der Waals surface area contributed by atoms with Gasteiger partial charge in [0.15, 0.2) is 5.78 Å². The minimum atomic E-state index is -1.54. The Labute approximate surface area is 427 Å². The number of aliphatic hydroxyl groups is 1. The number of ketones is 1. The molecule has 8 N–H and O–H groups in total. The van der Waals surface area contributed by atoms with Gasteiger partial charge < -0.3 is 65.6 Å². The van der Waals surface area contributed by atoms with Crippen LogP contribution >= 0.6 is 0 Å². The molecule has 21 heteroatoms. The molecule has 19 nitrogen and oxygen atoms in total.